The molecule has 2 amide bonds. The Morgan fingerprint density at radius 3 is 2.66 bits per heavy atom. The van der Waals surface area contributed by atoms with Crippen molar-refractivity contribution in [1.82, 2.24) is 9.88 Å². The van der Waals surface area contributed by atoms with Crippen LogP contribution in [0.25, 0.3) is 0 Å². The van der Waals surface area contributed by atoms with Gasteiger partial charge in [0.05, 0.1) is 19.9 Å². The summed E-state index contributed by atoms with van der Waals surface area (Å²) in [5.74, 6) is 0.573. The molecule has 1 atom stereocenters. The van der Waals surface area contributed by atoms with E-state index in [2.05, 4.69) is 17.2 Å². The van der Waals surface area contributed by atoms with Crippen LogP contribution in [0.5, 0.6) is 11.5 Å². The molecule has 7 heteroatoms. The van der Waals surface area contributed by atoms with E-state index in [9.17, 15) is 9.59 Å². The van der Waals surface area contributed by atoms with Crippen molar-refractivity contribution in [3.8, 4) is 11.5 Å². The Balaban J connectivity index is 1.78. The van der Waals surface area contributed by atoms with Gasteiger partial charge in [-0.2, -0.15) is 0 Å². The minimum absolute atomic E-state index is 0.117. The third-order valence-electron chi connectivity index (χ3n) is 5.22. The highest BCUT2D eigenvalue weighted by atomic mass is 16.5. The summed E-state index contributed by atoms with van der Waals surface area (Å²) >= 11 is 0. The highest BCUT2D eigenvalue weighted by molar-refractivity contribution is 6.04. The first-order valence-electron chi connectivity index (χ1n) is 9.88. The molecule has 0 aliphatic carbocycles. The number of nitrogens with one attached hydrogen (secondary N) is 1. The molecule has 0 saturated carbocycles. The first-order chi connectivity index (χ1) is 14.1. The molecule has 1 fully saturated rings. The van der Waals surface area contributed by atoms with Gasteiger partial charge in [-0.25, -0.2) is 4.98 Å². The van der Waals surface area contributed by atoms with Gasteiger partial charge >= 0.3 is 0 Å². The predicted molar refractivity (Wildman–Crippen MR) is 111 cm³/mol. The van der Waals surface area contributed by atoms with Gasteiger partial charge in [0, 0.05) is 18.7 Å². The largest absolute Gasteiger partial charge is 0.497 e. The molecule has 0 radical (unpaired) electrons. The van der Waals surface area contributed by atoms with Crippen molar-refractivity contribution < 1.29 is 19.1 Å². The van der Waals surface area contributed by atoms with Gasteiger partial charge in [0.1, 0.15) is 22.9 Å². The Hall–Kier alpha value is -3.09. The number of carbonyl (C=O) groups excluding carboxylic acids is 2. The number of piperidine rings is 1. The number of benzene rings is 1. The fourth-order valence-electron chi connectivity index (χ4n) is 3.61. The number of hydrogen-bond donors (Lipinski definition) is 1. The molecule has 0 spiro atoms. The van der Waals surface area contributed by atoms with Crippen LogP contribution in [0, 0.1) is 0 Å². The van der Waals surface area contributed by atoms with Crippen molar-refractivity contribution in [2.75, 3.05) is 26.1 Å². The number of rotatable bonds is 6. The maximum absolute atomic E-state index is 13.0. The van der Waals surface area contributed by atoms with Gasteiger partial charge in [0.2, 0.25) is 0 Å². The number of pyridine rings is 1. The Kier molecular flexibility index (Phi) is 6.69. The summed E-state index contributed by atoms with van der Waals surface area (Å²) in [6, 6.07) is 10.3. The molecule has 0 bridgehead atoms. The van der Waals surface area contributed by atoms with E-state index in [-0.39, 0.29) is 17.6 Å². The number of amides is 2. The first kappa shape index (κ1) is 20.6. The monoisotopic (exact) mass is 397 g/mol. The van der Waals surface area contributed by atoms with E-state index in [1.54, 1.807) is 43.5 Å². The molecule has 1 aromatic heterocycles. The van der Waals surface area contributed by atoms with Gasteiger partial charge in [-0.15, -0.1) is 0 Å². The van der Waals surface area contributed by atoms with Crippen molar-refractivity contribution in [1.29, 1.82) is 0 Å². The van der Waals surface area contributed by atoms with Gasteiger partial charge in [0.15, 0.2) is 0 Å². The molecule has 1 aliphatic heterocycles. The highest BCUT2D eigenvalue weighted by Crippen LogP contribution is 2.29. The molecular formula is C22H27N3O4. The second kappa shape index (κ2) is 9.41. The third kappa shape index (κ3) is 4.67. The fourth-order valence-corrected chi connectivity index (χ4v) is 3.61. The Morgan fingerprint density at radius 1 is 1.14 bits per heavy atom. The maximum Gasteiger partial charge on any atom is 0.274 e. The van der Waals surface area contributed by atoms with E-state index in [1.165, 1.54) is 7.11 Å². The van der Waals surface area contributed by atoms with Crippen LogP contribution in [0.2, 0.25) is 0 Å². The summed E-state index contributed by atoms with van der Waals surface area (Å²) in [7, 11) is 3.08. The van der Waals surface area contributed by atoms with Crippen molar-refractivity contribution in [2.24, 2.45) is 0 Å². The lowest BCUT2D eigenvalue weighted by Gasteiger charge is -2.35. The minimum atomic E-state index is -0.409. The summed E-state index contributed by atoms with van der Waals surface area (Å²) in [5.41, 5.74) is 0.970. The van der Waals surface area contributed by atoms with Crippen molar-refractivity contribution in [3.05, 3.63) is 47.8 Å². The van der Waals surface area contributed by atoms with Crippen molar-refractivity contribution in [3.63, 3.8) is 0 Å². The van der Waals surface area contributed by atoms with Crippen LogP contribution in [0.1, 0.15) is 53.6 Å². The fraction of sp³-hybridized carbons (Fsp3) is 0.409. The second-order valence-corrected chi connectivity index (χ2v) is 6.98. The Labute approximate surface area is 171 Å². The molecule has 2 aromatic rings. The Morgan fingerprint density at radius 2 is 1.93 bits per heavy atom. The predicted octanol–water partition coefficient (Wildman–Crippen LogP) is 3.76. The number of aromatic nitrogens is 1. The normalized spacial score (nSPS) is 16.2. The number of nitrogens with zero attached hydrogens (tertiary/aromatic N) is 2. The molecule has 1 unspecified atom stereocenters. The lowest BCUT2D eigenvalue weighted by molar-refractivity contribution is 0.0602. The van der Waals surface area contributed by atoms with E-state index < -0.39 is 5.91 Å². The molecule has 1 aromatic carbocycles. The van der Waals surface area contributed by atoms with E-state index >= 15 is 0 Å². The molecule has 2 heterocycles. The zero-order valence-electron chi connectivity index (χ0n) is 17.1. The lowest BCUT2D eigenvalue weighted by atomic mass is 9.99. The number of methoxy groups -OCH3 is 2. The summed E-state index contributed by atoms with van der Waals surface area (Å²) in [6.07, 6.45) is 4.07. The second-order valence-electron chi connectivity index (χ2n) is 6.98. The molecule has 3 rings (SSSR count). The van der Waals surface area contributed by atoms with E-state index in [0.717, 1.165) is 32.2 Å². The molecule has 1 aliphatic rings. The van der Waals surface area contributed by atoms with Gasteiger partial charge < -0.3 is 19.7 Å². The summed E-state index contributed by atoms with van der Waals surface area (Å²) in [5, 5.41) is 2.79. The highest BCUT2D eigenvalue weighted by Gasteiger charge is 2.27. The van der Waals surface area contributed by atoms with Crippen LogP contribution >= 0.6 is 0 Å². The van der Waals surface area contributed by atoms with E-state index in [0.29, 0.717) is 22.9 Å². The maximum atomic E-state index is 13.0. The number of carbonyl (C=O) groups is 2. The van der Waals surface area contributed by atoms with Crippen LogP contribution in [-0.4, -0.2) is 48.5 Å². The minimum Gasteiger partial charge on any atom is -0.497 e. The molecule has 154 valence electrons. The van der Waals surface area contributed by atoms with Gasteiger partial charge in [-0.3, -0.25) is 9.59 Å². The van der Waals surface area contributed by atoms with Gasteiger partial charge in [-0.05, 0) is 49.9 Å². The quantitative estimate of drug-likeness (QED) is 0.803. The lowest BCUT2D eigenvalue weighted by Crippen LogP contribution is -2.43. The SMILES string of the molecule is CCC1CCCCN1C(=O)c1cccc(C(=O)Nc2ccc(OC)cc2OC)n1. The molecular weight excluding hydrogens is 370 g/mol. The molecule has 1 N–H and O–H groups in total. The van der Waals surface area contributed by atoms with Crippen LogP contribution in [0.3, 0.4) is 0 Å². The number of anilines is 1. The zero-order valence-corrected chi connectivity index (χ0v) is 17.1. The van der Waals surface area contributed by atoms with Crippen LogP contribution in [0.4, 0.5) is 5.69 Å². The van der Waals surface area contributed by atoms with Crippen LogP contribution in [0.15, 0.2) is 36.4 Å². The molecule has 7 nitrogen and oxygen atoms in total. The van der Waals surface area contributed by atoms with E-state index in [1.807, 2.05) is 4.90 Å². The zero-order chi connectivity index (χ0) is 20.8. The summed E-state index contributed by atoms with van der Waals surface area (Å²) < 4.78 is 10.5. The van der Waals surface area contributed by atoms with Gasteiger partial charge in [-0.1, -0.05) is 13.0 Å². The molecule has 29 heavy (non-hydrogen) atoms. The number of hydrogen-bond acceptors (Lipinski definition) is 5. The van der Waals surface area contributed by atoms with Crippen LogP contribution in [-0.2, 0) is 0 Å². The van der Waals surface area contributed by atoms with E-state index in [4.69, 9.17) is 9.47 Å². The van der Waals surface area contributed by atoms with Crippen molar-refractivity contribution in [2.45, 2.75) is 38.6 Å². The summed E-state index contributed by atoms with van der Waals surface area (Å²) in [6.45, 7) is 2.83. The third-order valence-corrected chi connectivity index (χ3v) is 5.22. The average Bonchev–Trinajstić information content (AvgIpc) is 2.78. The number of ether oxygens (including phenoxy) is 2. The van der Waals surface area contributed by atoms with Crippen molar-refractivity contribution >= 4 is 17.5 Å². The molecule has 1 saturated heterocycles. The summed E-state index contributed by atoms with van der Waals surface area (Å²) in [4.78, 5) is 31.9. The first-order valence-corrected chi connectivity index (χ1v) is 9.88. The van der Waals surface area contributed by atoms with Gasteiger partial charge in [0.25, 0.3) is 11.8 Å². The Bertz CT molecular complexity index is 884. The number of likely N-dealkylation sites (tertiary alicyclic amines) is 1. The van der Waals surface area contributed by atoms with Crippen LogP contribution < -0.4 is 14.8 Å². The average molecular weight is 397 g/mol. The smallest absolute Gasteiger partial charge is 0.274 e. The topological polar surface area (TPSA) is 80.8 Å². The standard InChI is InChI=1S/C22H27N3O4/c1-4-15-8-5-6-13-25(15)22(27)19-10-7-9-18(23-19)21(26)24-17-12-11-16(28-2)14-20(17)29-3/h7,9-12,14-15H,4-6,8,13H2,1-3H3,(H,24,26).